The number of piperidine rings is 1. The highest BCUT2D eigenvalue weighted by molar-refractivity contribution is 5.95. The van der Waals surface area contributed by atoms with E-state index in [4.69, 9.17) is 5.73 Å². The SMILES string of the molecule is CCc1ccc(-c2ccc(C(=O)N[C@H](CN(O)C(=O)N3CCC(C(N)=O)CC3)[C@@H](C)O)cc2)cc1. The lowest BCUT2D eigenvalue weighted by Crippen LogP contribution is -2.53. The number of hydroxylamine groups is 2. The standard InChI is InChI=1S/C26H34N4O5/c1-3-18-4-6-19(7-5-18)20-8-10-22(11-9-20)25(33)28-23(17(2)31)16-30(35)26(34)29-14-12-21(13-15-29)24(27)32/h4-11,17,21,23,31,35H,3,12-16H2,1-2H3,(H2,27,32)(H,28,33)/t17-,23-/m1/s1. The Bertz CT molecular complexity index is 1020. The molecule has 2 aromatic rings. The molecular weight excluding hydrogens is 448 g/mol. The molecule has 0 saturated carbocycles. The molecule has 9 heteroatoms. The summed E-state index contributed by atoms with van der Waals surface area (Å²) in [5.74, 6) is -1.10. The Kier molecular flexibility index (Phi) is 8.84. The maximum atomic E-state index is 12.8. The average Bonchev–Trinajstić information content (AvgIpc) is 2.87. The number of nitrogens with two attached hydrogens (primary N) is 1. The van der Waals surface area contributed by atoms with Gasteiger partial charge in [-0.1, -0.05) is 43.3 Å². The zero-order valence-electron chi connectivity index (χ0n) is 20.2. The van der Waals surface area contributed by atoms with Crippen LogP contribution in [0.5, 0.6) is 0 Å². The van der Waals surface area contributed by atoms with Crippen molar-refractivity contribution in [3.8, 4) is 11.1 Å². The van der Waals surface area contributed by atoms with Gasteiger partial charge in [-0.25, -0.2) is 9.86 Å². The molecule has 1 saturated heterocycles. The van der Waals surface area contributed by atoms with Crippen LogP contribution < -0.4 is 11.1 Å². The first-order valence-corrected chi connectivity index (χ1v) is 11.9. The minimum absolute atomic E-state index is 0.280. The monoisotopic (exact) mass is 482 g/mol. The Balaban J connectivity index is 1.58. The maximum absolute atomic E-state index is 12.8. The van der Waals surface area contributed by atoms with Crippen LogP contribution in [0.4, 0.5) is 4.79 Å². The van der Waals surface area contributed by atoms with Crippen LogP contribution in [0.25, 0.3) is 11.1 Å². The molecule has 9 nitrogen and oxygen atoms in total. The van der Waals surface area contributed by atoms with Gasteiger partial charge in [0, 0.05) is 24.6 Å². The molecule has 0 aromatic heterocycles. The number of aryl methyl sites for hydroxylation is 1. The number of likely N-dealkylation sites (tertiary alicyclic amines) is 1. The van der Waals surface area contributed by atoms with E-state index in [0.717, 1.165) is 17.5 Å². The first-order chi connectivity index (χ1) is 16.7. The number of rotatable bonds is 8. The molecule has 1 aliphatic heterocycles. The number of nitrogens with zero attached hydrogens (tertiary/aromatic N) is 2. The average molecular weight is 483 g/mol. The van der Waals surface area contributed by atoms with Crippen molar-refractivity contribution in [2.45, 2.75) is 45.3 Å². The molecule has 0 unspecified atom stereocenters. The number of aliphatic hydroxyl groups is 1. The molecule has 2 atom stereocenters. The van der Waals surface area contributed by atoms with Gasteiger partial charge in [0.1, 0.15) is 0 Å². The van der Waals surface area contributed by atoms with Gasteiger partial charge >= 0.3 is 6.03 Å². The maximum Gasteiger partial charge on any atom is 0.343 e. The summed E-state index contributed by atoms with van der Waals surface area (Å²) in [5, 5.41) is 23.7. The smallest absolute Gasteiger partial charge is 0.343 e. The van der Waals surface area contributed by atoms with Crippen molar-refractivity contribution in [2.24, 2.45) is 11.7 Å². The Morgan fingerprint density at radius 2 is 1.60 bits per heavy atom. The van der Waals surface area contributed by atoms with E-state index >= 15 is 0 Å². The summed E-state index contributed by atoms with van der Waals surface area (Å²) < 4.78 is 0. The third-order valence-electron chi connectivity index (χ3n) is 6.50. The van der Waals surface area contributed by atoms with Crippen molar-refractivity contribution in [2.75, 3.05) is 19.6 Å². The molecule has 3 rings (SSSR count). The number of urea groups is 1. The molecule has 1 fully saturated rings. The summed E-state index contributed by atoms with van der Waals surface area (Å²) in [7, 11) is 0. The number of hydrogen-bond donors (Lipinski definition) is 4. The minimum atomic E-state index is -1.02. The first kappa shape index (κ1) is 26.2. The third-order valence-corrected chi connectivity index (χ3v) is 6.50. The van der Waals surface area contributed by atoms with Crippen molar-refractivity contribution < 1.29 is 24.7 Å². The number of carbonyl (C=O) groups excluding carboxylic acids is 3. The number of carbonyl (C=O) groups is 3. The summed E-state index contributed by atoms with van der Waals surface area (Å²) in [6, 6.07) is 13.8. The zero-order valence-corrected chi connectivity index (χ0v) is 20.2. The zero-order chi connectivity index (χ0) is 25.5. The topological polar surface area (TPSA) is 136 Å². The fourth-order valence-electron chi connectivity index (χ4n) is 4.10. The van der Waals surface area contributed by atoms with Gasteiger partial charge in [0.2, 0.25) is 5.91 Å². The number of hydrogen-bond acceptors (Lipinski definition) is 5. The lowest BCUT2D eigenvalue weighted by atomic mass is 9.96. The van der Waals surface area contributed by atoms with Crippen LogP contribution in [0.15, 0.2) is 48.5 Å². The lowest BCUT2D eigenvalue weighted by Gasteiger charge is -2.34. The second kappa shape index (κ2) is 11.8. The molecule has 1 heterocycles. The van der Waals surface area contributed by atoms with Gasteiger partial charge < -0.3 is 21.1 Å². The van der Waals surface area contributed by atoms with Crippen LogP contribution in [-0.2, 0) is 11.2 Å². The summed E-state index contributed by atoms with van der Waals surface area (Å²) in [4.78, 5) is 38.1. The Hall–Kier alpha value is -3.43. The molecule has 35 heavy (non-hydrogen) atoms. The van der Waals surface area contributed by atoms with E-state index < -0.39 is 30.0 Å². The number of primary amides is 1. The summed E-state index contributed by atoms with van der Waals surface area (Å²) in [5.41, 5.74) is 8.99. The largest absolute Gasteiger partial charge is 0.391 e. The quantitative estimate of drug-likeness (QED) is 0.338. The third kappa shape index (κ3) is 6.80. The highest BCUT2D eigenvalue weighted by Crippen LogP contribution is 2.21. The Morgan fingerprint density at radius 3 is 2.09 bits per heavy atom. The molecule has 5 N–H and O–H groups in total. The van der Waals surface area contributed by atoms with E-state index in [1.54, 1.807) is 12.1 Å². The van der Waals surface area contributed by atoms with Crippen LogP contribution in [0.2, 0.25) is 0 Å². The highest BCUT2D eigenvalue weighted by Gasteiger charge is 2.30. The van der Waals surface area contributed by atoms with Gasteiger partial charge in [-0.3, -0.25) is 14.8 Å². The molecule has 0 aliphatic carbocycles. The van der Waals surface area contributed by atoms with Crippen molar-refractivity contribution in [1.29, 1.82) is 0 Å². The molecule has 0 radical (unpaired) electrons. The van der Waals surface area contributed by atoms with E-state index in [9.17, 15) is 24.7 Å². The first-order valence-electron chi connectivity index (χ1n) is 11.9. The normalized spacial score (nSPS) is 15.8. The lowest BCUT2D eigenvalue weighted by molar-refractivity contribution is -0.123. The molecule has 0 bridgehead atoms. The van der Waals surface area contributed by atoms with E-state index in [-0.39, 0.29) is 12.5 Å². The number of amides is 4. The van der Waals surface area contributed by atoms with Gasteiger partial charge in [-0.2, -0.15) is 0 Å². The van der Waals surface area contributed by atoms with Crippen molar-refractivity contribution in [3.05, 3.63) is 59.7 Å². The van der Waals surface area contributed by atoms with E-state index in [0.29, 0.717) is 36.6 Å². The molecular formula is C26H34N4O5. The number of benzene rings is 2. The summed E-state index contributed by atoms with van der Waals surface area (Å²) >= 11 is 0. The van der Waals surface area contributed by atoms with Gasteiger partial charge in [-0.15, -0.1) is 0 Å². The second-order valence-electron chi connectivity index (χ2n) is 8.98. The molecule has 1 aliphatic rings. The molecule has 188 valence electrons. The molecule has 0 spiro atoms. The van der Waals surface area contributed by atoms with Gasteiger partial charge in [0.05, 0.1) is 18.7 Å². The fraction of sp³-hybridized carbons (Fsp3) is 0.423. The number of nitrogens with one attached hydrogen (secondary N) is 1. The predicted octanol–water partition coefficient (Wildman–Crippen LogP) is 2.40. The van der Waals surface area contributed by atoms with E-state index in [2.05, 4.69) is 24.4 Å². The molecule has 4 amide bonds. The second-order valence-corrected chi connectivity index (χ2v) is 8.98. The van der Waals surface area contributed by atoms with Crippen molar-refractivity contribution >= 4 is 17.8 Å². The Morgan fingerprint density at radius 1 is 1.06 bits per heavy atom. The summed E-state index contributed by atoms with van der Waals surface area (Å²) in [6.07, 6.45) is 0.821. The highest BCUT2D eigenvalue weighted by atomic mass is 16.5. The fourth-order valence-corrected chi connectivity index (χ4v) is 4.10. The van der Waals surface area contributed by atoms with E-state index in [1.807, 2.05) is 24.3 Å². The minimum Gasteiger partial charge on any atom is -0.391 e. The van der Waals surface area contributed by atoms with Crippen LogP contribution >= 0.6 is 0 Å². The van der Waals surface area contributed by atoms with Gasteiger partial charge in [-0.05, 0) is 55.0 Å². The van der Waals surface area contributed by atoms with E-state index in [1.165, 1.54) is 17.4 Å². The Labute approximate surface area is 205 Å². The van der Waals surface area contributed by atoms with Crippen LogP contribution in [0.1, 0.15) is 42.6 Å². The van der Waals surface area contributed by atoms with Crippen molar-refractivity contribution in [1.82, 2.24) is 15.3 Å². The van der Waals surface area contributed by atoms with Crippen LogP contribution in [0, 0.1) is 5.92 Å². The van der Waals surface area contributed by atoms with Gasteiger partial charge in [0.15, 0.2) is 0 Å². The van der Waals surface area contributed by atoms with Crippen molar-refractivity contribution in [3.63, 3.8) is 0 Å². The molecule has 2 aromatic carbocycles. The number of aliphatic hydroxyl groups excluding tert-OH is 1. The summed E-state index contributed by atoms with van der Waals surface area (Å²) in [6.45, 7) is 3.87. The predicted molar refractivity (Wildman–Crippen MR) is 132 cm³/mol. The van der Waals surface area contributed by atoms with Gasteiger partial charge in [0.25, 0.3) is 5.91 Å². The van der Waals surface area contributed by atoms with Crippen LogP contribution in [-0.4, -0.2) is 69.9 Å². The van der Waals surface area contributed by atoms with Crippen LogP contribution in [0.3, 0.4) is 0 Å².